The van der Waals surface area contributed by atoms with E-state index in [1.807, 2.05) is 17.7 Å². The van der Waals surface area contributed by atoms with Crippen LogP contribution in [0.25, 0.3) is 0 Å². The maximum Gasteiger partial charge on any atom is 0.263 e. The standard InChI is InChI=1S/C16H20ClN3O2/c1-12(10-20-8-7-18-11-20)19-15(21)16(2,3)22-14-6-4-5-13(17)9-14/h4-9,11-12H,10H2,1-3H3,(H,19,21). The van der Waals surface area contributed by atoms with Gasteiger partial charge in [0, 0.05) is 30.0 Å². The second kappa shape index (κ2) is 6.83. The molecule has 1 heterocycles. The molecule has 0 radical (unpaired) electrons. The van der Waals surface area contributed by atoms with Crippen LogP contribution in [0.5, 0.6) is 5.75 Å². The van der Waals surface area contributed by atoms with E-state index >= 15 is 0 Å². The minimum atomic E-state index is -0.992. The van der Waals surface area contributed by atoms with Gasteiger partial charge in [0.05, 0.1) is 6.33 Å². The monoisotopic (exact) mass is 321 g/mol. The van der Waals surface area contributed by atoms with Gasteiger partial charge in [-0.15, -0.1) is 0 Å². The number of ether oxygens (including phenoxy) is 1. The van der Waals surface area contributed by atoms with Crippen LogP contribution >= 0.6 is 11.6 Å². The lowest BCUT2D eigenvalue weighted by atomic mass is 10.1. The van der Waals surface area contributed by atoms with Crippen molar-refractivity contribution in [2.24, 2.45) is 0 Å². The van der Waals surface area contributed by atoms with Gasteiger partial charge in [-0.1, -0.05) is 17.7 Å². The molecular weight excluding hydrogens is 302 g/mol. The van der Waals surface area contributed by atoms with Gasteiger partial charge in [-0.3, -0.25) is 4.79 Å². The Bertz CT molecular complexity index is 626. The maximum absolute atomic E-state index is 12.4. The van der Waals surface area contributed by atoms with Gasteiger partial charge in [-0.25, -0.2) is 4.98 Å². The van der Waals surface area contributed by atoms with Crippen LogP contribution in [-0.4, -0.2) is 27.1 Å². The Kier molecular flexibility index (Phi) is 5.08. The average molecular weight is 322 g/mol. The van der Waals surface area contributed by atoms with E-state index in [1.54, 1.807) is 50.6 Å². The molecule has 0 saturated carbocycles. The van der Waals surface area contributed by atoms with Crippen molar-refractivity contribution in [3.05, 3.63) is 48.0 Å². The molecule has 1 aromatic carbocycles. The van der Waals surface area contributed by atoms with Crippen LogP contribution < -0.4 is 10.1 Å². The van der Waals surface area contributed by atoms with Crippen molar-refractivity contribution in [3.63, 3.8) is 0 Å². The minimum Gasteiger partial charge on any atom is -0.478 e. The zero-order valence-electron chi connectivity index (χ0n) is 12.9. The van der Waals surface area contributed by atoms with Gasteiger partial charge in [0.2, 0.25) is 0 Å². The van der Waals surface area contributed by atoms with E-state index in [4.69, 9.17) is 16.3 Å². The van der Waals surface area contributed by atoms with Crippen molar-refractivity contribution in [1.29, 1.82) is 0 Å². The summed E-state index contributed by atoms with van der Waals surface area (Å²) in [5.74, 6) is 0.384. The first kappa shape index (κ1) is 16.4. The van der Waals surface area contributed by atoms with Crippen LogP contribution in [0.3, 0.4) is 0 Å². The van der Waals surface area contributed by atoms with Gasteiger partial charge in [0.15, 0.2) is 5.60 Å². The Labute approximate surface area is 135 Å². The molecule has 0 aliphatic carbocycles. The molecular formula is C16H20ClN3O2. The highest BCUT2D eigenvalue weighted by molar-refractivity contribution is 6.30. The van der Waals surface area contributed by atoms with Gasteiger partial charge in [0.25, 0.3) is 5.91 Å². The molecule has 2 rings (SSSR count). The number of carbonyl (C=O) groups is 1. The molecule has 2 aromatic rings. The molecule has 1 N–H and O–H groups in total. The number of amides is 1. The number of rotatable bonds is 6. The number of benzene rings is 1. The van der Waals surface area contributed by atoms with Gasteiger partial charge in [-0.2, -0.15) is 0 Å². The van der Waals surface area contributed by atoms with E-state index in [9.17, 15) is 4.79 Å². The number of nitrogens with zero attached hydrogens (tertiary/aromatic N) is 2. The lowest BCUT2D eigenvalue weighted by Gasteiger charge is -2.27. The molecule has 0 bridgehead atoms. The van der Waals surface area contributed by atoms with Gasteiger partial charge < -0.3 is 14.6 Å². The second-order valence-electron chi connectivity index (χ2n) is 5.70. The highest BCUT2D eigenvalue weighted by Gasteiger charge is 2.30. The highest BCUT2D eigenvalue weighted by Crippen LogP contribution is 2.22. The molecule has 0 saturated heterocycles. The summed E-state index contributed by atoms with van der Waals surface area (Å²) in [7, 11) is 0. The zero-order chi connectivity index (χ0) is 16.2. The predicted octanol–water partition coefficient (Wildman–Crippen LogP) is 2.90. The molecule has 0 aliphatic heterocycles. The first-order chi connectivity index (χ1) is 10.4. The molecule has 1 atom stereocenters. The third-order valence-electron chi connectivity index (χ3n) is 3.14. The van der Waals surface area contributed by atoms with E-state index in [1.165, 1.54) is 0 Å². The summed E-state index contributed by atoms with van der Waals surface area (Å²) in [5, 5.41) is 3.52. The van der Waals surface area contributed by atoms with E-state index in [0.29, 0.717) is 17.3 Å². The van der Waals surface area contributed by atoms with Crippen molar-refractivity contribution in [3.8, 4) is 5.75 Å². The smallest absolute Gasteiger partial charge is 0.263 e. The average Bonchev–Trinajstić information content (AvgIpc) is 2.90. The molecule has 6 heteroatoms. The summed E-state index contributed by atoms with van der Waals surface area (Å²) in [6.07, 6.45) is 5.28. The van der Waals surface area contributed by atoms with Crippen LogP contribution in [0, 0.1) is 0 Å². The number of hydrogen-bond acceptors (Lipinski definition) is 3. The fourth-order valence-electron chi connectivity index (χ4n) is 2.03. The third-order valence-corrected chi connectivity index (χ3v) is 3.37. The van der Waals surface area contributed by atoms with Gasteiger partial charge >= 0.3 is 0 Å². The number of carbonyl (C=O) groups excluding carboxylic acids is 1. The maximum atomic E-state index is 12.4. The lowest BCUT2D eigenvalue weighted by molar-refractivity contribution is -0.134. The molecule has 5 nitrogen and oxygen atoms in total. The first-order valence-electron chi connectivity index (χ1n) is 7.08. The largest absolute Gasteiger partial charge is 0.478 e. The molecule has 22 heavy (non-hydrogen) atoms. The summed E-state index contributed by atoms with van der Waals surface area (Å²) < 4.78 is 7.68. The van der Waals surface area contributed by atoms with E-state index in [0.717, 1.165) is 0 Å². The number of aromatic nitrogens is 2. The van der Waals surface area contributed by atoms with Gasteiger partial charge in [0.1, 0.15) is 5.75 Å². The summed E-state index contributed by atoms with van der Waals surface area (Å²) in [6, 6.07) is 6.97. The number of nitrogens with one attached hydrogen (secondary N) is 1. The fourth-order valence-corrected chi connectivity index (χ4v) is 2.21. The van der Waals surface area contributed by atoms with Crippen LogP contribution in [0.4, 0.5) is 0 Å². The molecule has 0 aliphatic rings. The molecule has 0 spiro atoms. The molecule has 118 valence electrons. The Morgan fingerprint density at radius 1 is 1.50 bits per heavy atom. The summed E-state index contributed by atoms with van der Waals surface area (Å²) in [4.78, 5) is 16.4. The van der Waals surface area contributed by atoms with Crippen molar-refractivity contribution in [1.82, 2.24) is 14.9 Å². The predicted molar refractivity (Wildman–Crippen MR) is 86.0 cm³/mol. The fraction of sp³-hybridized carbons (Fsp3) is 0.375. The number of imidazole rings is 1. The van der Waals surface area contributed by atoms with E-state index < -0.39 is 5.60 Å². The number of halogens is 1. The Hall–Kier alpha value is -2.01. The van der Waals surface area contributed by atoms with Crippen LogP contribution in [0.1, 0.15) is 20.8 Å². The summed E-state index contributed by atoms with van der Waals surface area (Å²) in [5.41, 5.74) is -0.992. The SMILES string of the molecule is CC(Cn1ccnc1)NC(=O)C(C)(C)Oc1cccc(Cl)c1. The van der Waals surface area contributed by atoms with E-state index in [-0.39, 0.29) is 11.9 Å². The zero-order valence-corrected chi connectivity index (χ0v) is 13.7. The summed E-state index contributed by atoms with van der Waals surface area (Å²) in [6.45, 7) is 6.05. The highest BCUT2D eigenvalue weighted by atomic mass is 35.5. The molecule has 0 fully saturated rings. The lowest BCUT2D eigenvalue weighted by Crippen LogP contribution is -2.50. The van der Waals surface area contributed by atoms with Crippen molar-refractivity contribution >= 4 is 17.5 Å². The van der Waals surface area contributed by atoms with Crippen molar-refractivity contribution in [2.75, 3.05) is 0 Å². The summed E-state index contributed by atoms with van der Waals surface area (Å²) >= 11 is 5.93. The Balaban J connectivity index is 1.94. The third kappa shape index (κ3) is 4.49. The topological polar surface area (TPSA) is 56.2 Å². The van der Waals surface area contributed by atoms with E-state index in [2.05, 4.69) is 10.3 Å². The van der Waals surface area contributed by atoms with Crippen molar-refractivity contribution in [2.45, 2.75) is 39.0 Å². The number of hydrogen-bond donors (Lipinski definition) is 1. The molecule has 1 unspecified atom stereocenters. The minimum absolute atomic E-state index is 0.0380. The molecule has 1 aromatic heterocycles. The molecule has 1 amide bonds. The quantitative estimate of drug-likeness (QED) is 0.890. The van der Waals surface area contributed by atoms with Gasteiger partial charge in [-0.05, 0) is 39.0 Å². The normalized spacial score (nSPS) is 12.7. The van der Waals surface area contributed by atoms with Crippen LogP contribution in [-0.2, 0) is 11.3 Å². The second-order valence-corrected chi connectivity index (χ2v) is 6.14. The first-order valence-corrected chi connectivity index (χ1v) is 7.46. The van der Waals surface area contributed by atoms with Crippen molar-refractivity contribution < 1.29 is 9.53 Å². The Morgan fingerprint density at radius 2 is 2.27 bits per heavy atom. The Morgan fingerprint density at radius 3 is 2.91 bits per heavy atom. The van der Waals surface area contributed by atoms with Crippen LogP contribution in [0.15, 0.2) is 43.0 Å². The van der Waals surface area contributed by atoms with Crippen LogP contribution in [0.2, 0.25) is 5.02 Å².